The number of nitrogens with zero attached hydrogens (tertiary/aromatic N) is 1. The summed E-state index contributed by atoms with van der Waals surface area (Å²) in [6, 6.07) is 0. The normalized spacial score (nSPS) is 30.3. The third-order valence-corrected chi connectivity index (χ3v) is 4.51. The minimum Gasteiger partial charge on any atom is -0.479 e. The number of hydrogen-bond acceptors (Lipinski definition) is 3. The topological polar surface area (TPSA) is 66.8 Å². The van der Waals surface area contributed by atoms with Gasteiger partial charge in [-0.3, -0.25) is 4.79 Å². The molecule has 0 bridgehead atoms. The van der Waals surface area contributed by atoms with Crippen LogP contribution in [0.2, 0.25) is 0 Å². The third-order valence-electron chi connectivity index (χ3n) is 4.51. The molecular weight excluding hydrogens is 246 g/mol. The van der Waals surface area contributed by atoms with Crippen LogP contribution in [-0.2, 0) is 14.3 Å². The van der Waals surface area contributed by atoms with Gasteiger partial charge in [-0.05, 0) is 26.2 Å². The number of hydrogen-bond donors (Lipinski definition) is 1. The molecule has 5 nitrogen and oxygen atoms in total. The second-order valence-electron chi connectivity index (χ2n) is 5.82. The van der Waals surface area contributed by atoms with Crippen molar-refractivity contribution < 1.29 is 19.4 Å². The second-order valence-corrected chi connectivity index (χ2v) is 5.82. The summed E-state index contributed by atoms with van der Waals surface area (Å²) >= 11 is 0. The molecule has 0 aromatic heterocycles. The zero-order valence-corrected chi connectivity index (χ0v) is 11.7. The number of carbonyl (C=O) groups is 2. The molecule has 19 heavy (non-hydrogen) atoms. The number of morpholine rings is 1. The molecule has 1 heterocycles. The van der Waals surface area contributed by atoms with Crippen LogP contribution >= 0.6 is 0 Å². The summed E-state index contributed by atoms with van der Waals surface area (Å²) in [5.74, 6) is -0.852. The Labute approximate surface area is 113 Å². The summed E-state index contributed by atoms with van der Waals surface area (Å²) in [5.41, 5.74) is -0.250. The highest BCUT2D eigenvalue weighted by atomic mass is 16.5. The minimum atomic E-state index is -0.985. The Morgan fingerprint density at radius 3 is 2.47 bits per heavy atom. The summed E-state index contributed by atoms with van der Waals surface area (Å²) in [7, 11) is 0. The van der Waals surface area contributed by atoms with E-state index < -0.39 is 12.1 Å². The van der Waals surface area contributed by atoms with Crippen molar-refractivity contribution in [1.82, 2.24) is 4.90 Å². The van der Waals surface area contributed by atoms with Crippen molar-refractivity contribution in [2.75, 3.05) is 13.1 Å². The standard InChI is InChI=1S/C14H23NO4/c1-3-14(6-4-5-7-14)13(18)15-8-10(2)19-11(9-15)12(16)17/h10-11H,3-9H2,1-2H3,(H,16,17)/t10-,11?/m1/s1. The maximum absolute atomic E-state index is 12.7. The molecule has 1 saturated carbocycles. The summed E-state index contributed by atoms with van der Waals surface area (Å²) in [4.78, 5) is 25.5. The van der Waals surface area contributed by atoms with E-state index in [4.69, 9.17) is 9.84 Å². The van der Waals surface area contributed by atoms with Gasteiger partial charge in [0.25, 0.3) is 0 Å². The van der Waals surface area contributed by atoms with Crippen LogP contribution in [0.4, 0.5) is 0 Å². The van der Waals surface area contributed by atoms with Crippen molar-refractivity contribution >= 4 is 11.9 Å². The lowest BCUT2D eigenvalue weighted by Crippen LogP contribution is -2.55. The Morgan fingerprint density at radius 1 is 1.32 bits per heavy atom. The molecule has 1 aliphatic carbocycles. The van der Waals surface area contributed by atoms with Crippen LogP contribution in [0.3, 0.4) is 0 Å². The van der Waals surface area contributed by atoms with E-state index in [0.717, 1.165) is 32.1 Å². The van der Waals surface area contributed by atoms with Gasteiger partial charge in [0.05, 0.1) is 12.6 Å². The molecule has 108 valence electrons. The first-order valence-electron chi connectivity index (χ1n) is 7.16. The highest BCUT2D eigenvalue weighted by molar-refractivity contribution is 5.84. The Balaban J connectivity index is 2.11. The van der Waals surface area contributed by atoms with E-state index in [1.165, 1.54) is 0 Å². The van der Waals surface area contributed by atoms with Crippen molar-refractivity contribution in [1.29, 1.82) is 0 Å². The van der Waals surface area contributed by atoms with Crippen LogP contribution in [0.1, 0.15) is 46.0 Å². The van der Waals surface area contributed by atoms with E-state index in [1.807, 2.05) is 6.92 Å². The molecule has 5 heteroatoms. The van der Waals surface area contributed by atoms with Crippen LogP contribution in [0.25, 0.3) is 0 Å². The zero-order chi connectivity index (χ0) is 14.0. The van der Waals surface area contributed by atoms with Gasteiger partial charge in [-0.2, -0.15) is 0 Å². The highest BCUT2D eigenvalue weighted by Gasteiger charge is 2.44. The van der Waals surface area contributed by atoms with E-state index >= 15 is 0 Å². The van der Waals surface area contributed by atoms with Gasteiger partial charge in [-0.15, -0.1) is 0 Å². The summed E-state index contributed by atoms with van der Waals surface area (Å²) < 4.78 is 5.36. The summed E-state index contributed by atoms with van der Waals surface area (Å²) in [6.07, 6.45) is 3.81. The van der Waals surface area contributed by atoms with Crippen molar-refractivity contribution in [2.45, 2.75) is 58.2 Å². The minimum absolute atomic E-state index is 0.133. The van der Waals surface area contributed by atoms with Crippen LogP contribution in [-0.4, -0.2) is 47.2 Å². The molecule has 0 aromatic carbocycles. The SMILES string of the molecule is CCC1(C(=O)N2CC(C(=O)O)O[C@H](C)C2)CCCC1. The fourth-order valence-electron chi connectivity index (χ4n) is 3.36. The summed E-state index contributed by atoms with van der Waals surface area (Å²) in [5, 5.41) is 9.08. The van der Waals surface area contributed by atoms with Crippen LogP contribution < -0.4 is 0 Å². The average molecular weight is 269 g/mol. The van der Waals surface area contributed by atoms with E-state index in [-0.39, 0.29) is 24.0 Å². The first kappa shape index (κ1) is 14.3. The molecule has 1 unspecified atom stereocenters. The Hall–Kier alpha value is -1.10. The monoisotopic (exact) mass is 269 g/mol. The number of carbonyl (C=O) groups excluding carboxylic acids is 1. The molecule has 2 rings (SSSR count). The molecule has 2 fully saturated rings. The summed E-state index contributed by atoms with van der Waals surface area (Å²) in [6.45, 7) is 4.56. The van der Waals surface area contributed by atoms with E-state index in [0.29, 0.717) is 6.54 Å². The first-order valence-corrected chi connectivity index (χ1v) is 7.16. The van der Waals surface area contributed by atoms with Gasteiger partial charge in [-0.25, -0.2) is 4.79 Å². The van der Waals surface area contributed by atoms with Gasteiger partial charge in [-0.1, -0.05) is 19.8 Å². The zero-order valence-electron chi connectivity index (χ0n) is 11.7. The largest absolute Gasteiger partial charge is 0.479 e. The molecule has 2 atom stereocenters. The lowest BCUT2D eigenvalue weighted by Gasteiger charge is -2.40. The van der Waals surface area contributed by atoms with E-state index in [1.54, 1.807) is 4.90 Å². The average Bonchev–Trinajstić information content (AvgIpc) is 2.87. The molecule has 0 radical (unpaired) electrons. The second kappa shape index (κ2) is 5.49. The Kier molecular flexibility index (Phi) is 4.13. The Morgan fingerprint density at radius 2 is 1.95 bits per heavy atom. The number of amides is 1. The van der Waals surface area contributed by atoms with Gasteiger partial charge in [0, 0.05) is 12.0 Å². The number of carboxylic acids is 1. The Bertz CT molecular complexity index is 362. The molecule has 0 aromatic rings. The van der Waals surface area contributed by atoms with E-state index in [9.17, 15) is 9.59 Å². The van der Waals surface area contributed by atoms with Gasteiger partial charge in [0.1, 0.15) is 0 Å². The van der Waals surface area contributed by atoms with Crippen molar-refractivity contribution in [3.63, 3.8) is 0 Å². The molecule has 1 amide bonds. The fraction of sp³-hybridized carbons (Fsp3) is 0.857. The van der Waals surface area contributed by atoms with Crippen LogP contribution in [0.5, 0.6) is 0 Å². The molecule has 1 saturated heterocycles. The third kappa shape index (κ3) is 2.76. The van der Waals surface area contributed by atoms with Gasteiger partial charge >= 0.3 is 5.97 Å². The van der Waals surface area contributed by atoms with Gasteiger partial charge < -0.3 is 14.7 Å². The smallest absolute Gasteiger partial charge is 0.334 e. The van der Waals surface area contributed by atoms with Gasteiger partial charge in [0.2, 0.25) is 5.91 Å². The van der Waals surface area contributed by atoms with Crippen molar-refractivity contribution in [3.05, 3.63) is 0 Å². The number of carboxylic acid groups (broad SMARTS) is 1. The predicted octanol–water partition coefficient (Wildman–Crippen LogP) is 1.66. The molecule has 1 aliphatic heterocycles. The number of ether oxygens (including phenoxy) is 1. The number of rotatable bonds is 3. The lowest BCUT2D eigenvalue weighted by molar-refractivity contribution is -0.170. The highest BCUT2D eigenvalue weighted by Crippen LogP contribution is 2.42. The molecule has 1 N–H and O–H groups in total. The van der Waals surface area contributed by atoms with Crippen molar-refractivity contribution in [3.8, 4) is 0 Å². The van der Waals surface area contributed by atoms with Crippen LogP contribution in [0.15, 0.2) is 0 Å². The van der Waals surface area contributed by atoms with E-state index in [2.05, 4.69) is 6.92 Å². The molecule has 0 spiro atoms. The predicted molar refractivity (Wildman–Crippen MR) is 69.7 cm³/mol. The number of aliphatic carboxylic acids is 1. The molecule has 2 aliphatic rings. The fourth-order valence-corrected chi connectivity index (χ4v) is 3.36. The maximum Gasteiger partial charge on any atom is 0.334 e. The van der Waals surface area contributed by atoms with Crippen LogP contribution in [0, 0.1) is 5.41 Å². The maximum atomic E-state index is 12.7. The first-order chi connectivity index (χ1) is 8.98. The van der Waals surface area contributed by atoms with Crippen molar-refractivity contribution in [2.24, 2.45) is 5.41 Å². The quantitative estimate of drug-likeness (QED) is 0.846. The molecular formula is C14H23NO4. The lowest BCUT2D eigenvalue weighted by atomic mass is 9.81. The van der Waals surface area contributed by atoms with Gasteiger partial charge in [0.15, 0.2) is 6.10 Å².